The lowest BCUT2D eigenvalue weighted by atomic mass is 9.91. The van der Waals surface area contributed by atoms with Gasteiger partial charge in [-0.25, -0.2) is 4.39 Å². The molecule has 1 aliphatic heterocycles. The second-order valence-electron chi connectivity index (χ2n) is 7.80. The maximum Gasteiger partial charge on any atom is 0.254 e. The van der Waals surface area contributed by atoms with Gasteiger partial charge in [0, 0.05) is 12.1 Å². The average molecular weight is 435 g/mol. The molecule has 3 aromatic rings. The molecule has 0 fully saturated rings. The van der Waals surface area contributed by atoms with Gasteiger partial charge in [-0.3, -0.25) is 4.79 Å². The Labute approximate surface area is 187 Å². The van der Waals surface area contributed by atoms with Crippen molar-refractivity contribution in [3.8, 4) is 17.2 Å². The summed E-state index contributed by atoms with van der Waals surface area (Å²) in [4.78, 5) is 15.3. The molecule has 0 aliphatic carbocycles. The summed E-state index contributed by atoms with van der Waals surface area (Å²) in [5.41, 5.74) is 3.71. The number of nitrogens with zero attached hydrogens (tertiary/aromatic N) is 1. The minimum absolute atomic E-state index is 0.0539. The second-order valence-corrected chi connectivity index (χ2v) is 7.80. The third kappa shape index (κ3) is 4.40. The van der Waals surface area contributed by atoms with Crippen LogP contribution in [0.5, 0.6) is 17.2 Å². The van der Waals surface area contributed by atoms with Gasteiger partial charge >= 0.3 is 0 Å². The summed E-state index contributed by atoms with van der Waals surface area (Å²) in [6.45, 7) is 2.74. The molecule has 1 aliphatic rings. The Balaban J connectivity index is 1.70. The van der Waals surface area contributed by atoms with Crippen LogP contribution in [0, 0.1) is 12.7 Å². The van der Waals surface area contributed by atoms with Crippen LogP contribution in [0.15, 0.2) is 60.7 Å². The molecule has 5 nitrogen and oxygen atoms in total. The number of methoxy groups -OCH3 is 2. The van der Waals surface area contributed by atoms with Crippen molar-refractivity contribution in [3.05, 3.63) is 88.7 Å². The van der Waals surface area contributed by atoms with Gasteiger partial charge < -0.3 is 19.1 Å². The Morgan fingerprint density at radius 3 is 2.44 bits per heavy atom. The Bertz CT molecular complexity index is 1110. The fourth-order valence-corrected chi connectivity index (χ4v) is 4.10. The van der Waals surface area contributed by atoms with Crippen molar-refractivity contribution >= 4 is 5.91 Å². The fraction of sp³-hybridized carbons (Fsp3) is 0.269. The second kappa shape index (κ2) is 9.30. The first-order valence-corrected chi connectivity index (χ1v) is 10.5. The number of hydrogen-bond donors (Lipinski definition) is 0. The summed E-state index contributed by atoms with van der Waals surface area (Å²) >= 11 is 0. The van der Waals surface area contributed by atoms with Gasteiger partial charge in [-0.05, 0) is 73.0 Å². The molecule has 0 bridgehead atoms. The molecule has 4 rings (SSSR count). The fourth-order valence-electron chi connectivity index (χ4n) is 4.10. The summed E-state index contributed by atoms with van der Waals surface area (Å²) < 4.78 is 30.3. The number of aryl methyl sites for hydroxylation is 1. The number of carbonyl (C=O) groups is 1. The highest BCUT2D eigenvalue weighted by Gasteiger charge is 2.33. The smallest absolute Gasteiger partial charge is 0.254 e. The molecule has 0 N–H and O–H groups in total. The van der Waals surface area contributed by atoms with Gasteiger partial charge in [-0.2, -0.15) is 0 Å². The maximum absolute atomic E-state index is 13.5. The average Bonchev–Trinajstić information content (AvgIpc) is 2.82. The molecule has 3 aromatic carbocycles. The van der Waals surface area contributed by atoms with E-state index in [9.17, 15) is 9.18 Å². The number of rotatable bonds is 6. The Kier molecular flexibility index (Phi) is 6.30. The summed E-state index contributed by atoms with van der Waals surface area (Å²) in [6.07, 6.45) is 0.695. The third-order valence-corrected chi connectivity index (χ3v) is 5.75. The van der Waals surface area contributed by atoms with Crippen molar-refractivity contribution in [2.45, 2.75) is 19.4 Å². The predicted octanol–water partition coefficient (Wildman–Crippen LogP) is 4.97. The first-order chi connectivity index (χ1) is 15.5. The zero-order chi connectivity index (χ0) is 22.7. The summed E-state index contributed by atoms with van der Waals surface area (Å²) in [5, 5.41) is 0. The van der Waals surface area contributed by atoms with Crippen LogP contribution in [0.2, 0.25) is 0 Å². The lowest BCUT2D eigenvalue weighted by Crippen LogP contribution is -2.42. The molecule has 166 valence electrons. The molecule has 0 unspecified atom stereocenters. The lowest BCUT2D eigenvalue weighted by molar-refractivity contribution is 0.0589. The van der Waals surface area contributed by atoms with Crippen LogP contribution in [0.4, 0.5) is 4.39 Å². The molecule has 0 spiro atoms. The molecule has 1 heterocycles. The van der Waals surface area contributed by atoms with E-state index >= 15 is 0 Å². The van der Waals surface area contributed by atoms with Gasteiger partial charge in [0.05, 0.1) is 20.3 Å². The van der Waals surface area contributed by atoms with Gasteiger partial charge in [0.1, 0.15) is 18.2 Å². The zero-order valence-corrected chi connectivity index (χ0v) is 18.4. The van der Waals surface area contributed by atoms with Crippen molar-refractivity contribution in [2.24, 2.45) is 0 Å². The Hall–Kier alpha value is -3.54. The van der Waals surface area contributed by atoms with Crippen molar-refractivity contribution < 1.29 is 23.4 Å². The molecule has 0 saturated heterocycles. The van der Waals surface area contributed by atoms with E-state index in [1.54, 1.807) is 26.4 Å². The number of carbonyl (C=O) groups excluding carboxylic acids is 1. The normalized spacial score (nSPS) is 15.1. The summed E-state index contributed by atoms with van der Waals surface area (Å²) in [7, 11) is 3.20. The zero-order valence-electron chi connectivity index (χ0n) is 18.4. The molecule has 0 saturated carbocycles. The quantitative estimate of drug-likeness (QED) is 0.549. The van der Waals surface area contributed by atoms with Crippen molar-refractivity contribution in [2.75, 3.05) is 27.4 Å². The maximum atomic E-state index is 13.5. The molecule has 1 atom stereocenters. The van der Waals surface area contributed by atoms with E-state index in [1.165, 1.54) is 12.1 Å². The monoisotopic (exact) mass is 435 g/mol. The van der Waals surface area contributed by atoms with Crippen LogP contribution >= 0.6 is 0 Å². The van der Waals surface area contributed by atoms with E-state index in [1.807, 2.05) is 48.2 Å². The van der Waals surface area contributed by atoms with E-state index in [2.05, 4.69) is 0 Å². The van der Waals surface area contributed by atoms with Crippen LogP contribution in [-0.2, 0) is 6.42 Å². The summed E-state index contributed by atoms with van der Waals surface area (Å²) in [5.74, 6) is 1.42. The first kappa shape index (κ1) is 21.7. The lowest BCUT2D eigenvalue weighted by Gasteiger charge is -2.37. The van der Waals surface area contributed by atoms with Crippen molar-refractivity contribution in [1.29, 1.82) is 0 Å². The number of hydrogen-bond acceptors (Lipinski definition) is 4. The molecule has 1 amide bonds. The molecule has 0 aromatic heterocycles. The van der Waals surface area contributed by atoms with Gasteiger partial charge in [-0.15, -0.1) is 0 Å². The number of ether oxygens (including phenoxy) is 3. The Morgan fingerprint density at radius 1 is 1.03 bits per heavy atom. The first-order valence-electron chi connectivity index (χ1n) is 10.5. The standard InChI is InChI=1S/C26H26FNO4/c1-17-5-4-6-19(13-17)26(29)28-12-11-18-14-24(30-2)25(31-3)15-22(18)23(28)16-32-21-9-7-20(27)8-10-21/h4-10,13-15,23H,11-12,16H2,1-3H3/t23-/m0/s1. The van der Waals surface area contributed by atoms with Crippen LogP contribution in [0.25, 0.3) is 0 Å². The van der Waals surface area contributed by atoms with E-state index < -0.39 is 0 Å². The van der Waals surface area contributed by atoms with E-state index in [-0.39, 0.29) is 24.4 Å². The van der Waals surface area contributed by atoms with E-state index in [0.717, 1.165) is 16.7 Å². The topological polar surface area (TPSA) is 48.0 Å². The molecule has 6 heteroatoms. The minimum Gasteiger partial charge on any atom is -0.493 e. The van der Waals surface area contributed by atoms with Crippen molar-refractivity contribution in [1.82, 2.24) is 4.90 Å². The number of benzene rings is 3. The van der Waals surface area contributed by atoms with E-state index in [0.29, 0.717) is 35.8 Å². The number of halogens is 1. The highest BCUT2D eigenvalue weighted by molar-refractivity contribution is 5.95. The van der Waals surface area contributed by atoms with Gasteiger partial charge in [0.2, 0.25) is 0 Å². The Morgan fingerprint density at radius 2 is 1.75 bits per heavy atom. The van der Waals surface area contributed by atoms with E-state index in [4.69, 9.17) is 14.2 Å². The van der Waals surface area contributed by atoms with Crippen LogP contribution in [-0.4, -0.2) is 38.2 Å². The van der Waals surface area contributed by atoms with Crippen LogP contribution in [0.3, 0.4) is 0 Å². The molecular formula is C26H26FNO4. The van der Waals surface area contributed by atoms with Gasteiger partial charge in [-0.1, -0.05) is 17.7 Å². The van der Waals surface area contributed by atoms with Gasteiger partial charge in [0.25, 0.3) is 5.91 Å². The third-order valence-electron chi connectivity index (χ3n) is 5.75. The highest BCUT2D eigenvalue weighted by atomic mass is 19.1. The molecular weight excluding hydrogens is 409 g/mol. The van der Waals surface area contributed by atoms with Gasteiger partial charge in [0.15, 0.2) is 11.5 Å². The number of amides is 1. The minimum atomic E-state index is -0.336. The SMILES string of the molecule is COc1cc2c(cc1OC)[C@H](COc1ccc(F)cc1)N(C(=O)c1cccc(C)c1)CC2. The largest absolute Gasteiger partial charge is 0.493 e. The number of fused-ring (bicyclic) bond motifs is 1. The van der Waals surface area contributed by atoms with Crippen LogP contribution in [0.1, 0.15) is 33.1 Å². The predicted molar refractivity (Wildman–Crippen MR) is 120 cm³/mol. The molecule has 0 radical (unpaired) electrons. The molecule has 32 heavy (non-hydrogen) atoms. The van der Waals surface area contributed by atoms with Crippen molar-refractivity contribution in [3.63, 3.8) is 0 Å². The summed E-state index contributed by atoms with van der Waals surface area (Å²) in [6, 6.07) is 17.0. The highest BCUT2D eigenvalue weighted by Crippen LogP contribution is 2.39. The van der Waals surface area contributed by atoms with Crippen LogP contribution < -0.4 is 14.2 Å².